The van der Waals surface area contributed by atoms with Crippen LogP contribution in [-0.4, -0.2) is 108 Å². The van der Waals surface area contributed by atoms with Gasteiger partial charge in [-0.2, -0.15) is 0 Å². The van der Waals surface area contributed by atoms with Crippen LogP contribution in [0.4, 0.5) is 4.79 Å². The summed E-state index contributed by atoms with van der Waals surface area (Å²) < 4.78 is 45.6. The average molecular weight is 843 g/mol. The average Bonchev–Trinajstić information content (AvgIpc) is 4.15. The Bertz CT molecular complexity index is 2290. The highest BCUT2D eigenvalue weighted by Crippen LogP contribution is 2.45. The van der Waals surface area contributed by atoms with E-state index >= 15 is 0 Å². The van der Waals surface area contributed by atoms with Crippen LogP contribution >= 0.6 is 0 Å². The number of rotatable bonds is 17. The number of carbonyl (C=O) groups excluding carboxylic acids is 4. The lowest BCUT2D eigenvalue weighted by atomic mass is 10.1. The van der Waals surface area contributed by atoms with Gasteiger partial charge in [-0.05, 0) is 65.2 Å². The SMILES string of the molecule is C=CC(=C)N(CC)C[C@H](NC(=O)OC(C)(C)C)C(=O)N1C[C@H](Oc2cc(-c3ccccc3)nc3cc(OC)ccc23)C[C@H]1C(=O)N[C@]1(C(=O)NS(=O)(=O)C2CC2)C[C@H]1C=C. The summed E-state index contributed by atoms with van der Waals surface area (Å²) in [6, 6.07) is 14.3. The molecule has 2 aromatic carbocycles. The lowest BCUT2D eigenvalue weighted by molar-refractivity contribution is -0.141. The molecule has 15 nitrogen and oxygen atoms in total. The molecule has 16 heteroatoms. The third-order valence-corrected chi connectivity index (χ3v) is 12.7. The predicted octanol–water partition coefficient (Wildman–Crippen LogP) is 4.84. The van der Waals surface area contributed by atoms with Gasteiger partial charge in [0.2, 0.25) is 21.8 Å². The number of likely N-dealkylation sites (tertiary alicyclic amines) is 1. The Morgan fingerprint density at radius 3 is 2.40 bits per heavy atom. The van der Waals surface area contributed by atoms with E-state index in [1.807, 2.05) is 43.3 Å². The summed E-state index contributed by atoms with van der Waals surface area (Å²) in [5, 5.41) is 5.51. The summed E-state index contributed by atoms with van der Waals surface area (Å²) in [5.41, 5.74) is 0.0621. The van der Waals surface area contributed by atoms with Gasteiger partial charge in [0.25, 0.3) is 5.91 Å². The monoisotopic (exact) mass is 842 g/mol. The number of alkyl carbamates (subject to hydrolysis) is 1. The van der Waals surface area contributed by atoms with E-state index < -0.39 is 74.3 Å². The molecular weight excluding hydrogens is 789 g/mol. The molecule has 4 amide bonds. The maximum absolute atomic E-state index is 14.9. The normalized spacial score (nSPS) is 21.6. The molecule has 6 rings (SSSR count). The number of nitrogens with one attached hydrogen (secondary N) is 3. The Morgan fingerprint density at radius 2 is 1.80 bits per heavy atom. The van der Waals surface area contributed by atoms with E-state index in [9.17, 15) is 27.6 Å². The minimum absolute atomic E-state index is 0.0228. The van der Waals surface area contributed by atoms with Crippen molar-refractivity contribution in [2.24, 2.45) is 5.92 Å². The van der Waals surface area contributed by atoms with Crippen LogP contribution in [0.15, 0.2) is 92.2 Å². The molecular formula is C44H54N6O9S. The molecule has 5 atom stereocenters. The molecule has 3 fully saturated rings. The molecule has 1 aromatic heterocycles. The molecule has 0 radical (unpaired) electrons. The Kier molecular flexibility index (Phi) is 12.6. The second-order valence-electron chi connectivity index (χ2n) is 16.4. The van der Waals surface area contributed by atoms with Crippen molar-refractivity contribution < 1.29 is 41.8 Å². The van der Waals surface area contributed by atoms with Crippen molar-refractivity contribution in [1.82, 2.24) is 30.1 Å². The highest BCUT2D eigenvalue weighted by Gasteiger charge is 2.62. The topological polar surface area (TPSA) is 186 Å². The van der Waals surface area contributed by atoms with E-state index in [4.69, 9.17) is 19.2 Å². The van der Waals surface area contributed by atoms with Crippen molar-refractivity contribution in [3.8, 4) is 22.8 Å². The lowest BCUT2D eigenvalue weighted by Gasteiger charge is -2.33. The maximum Gasteiger partial charge on any atom is 0.408 e. The van der Waals surface area contributed by atoms with Crippen molar-refractivity contribution in [2.75, 3.05) is 26.7 Å². The van der Waals surface area contributed by atoms with Gasteiger partial charge in [0.1, 0.15) is 40.8 Å². The zero-order valence-corrected chi connectivity index (χ0v) is 35.5. The molecule has 2 aliphatic carbocycles. The Balaban J connectivity index is 1.37. The fraction of sp³-hybridized carbons (Fsp3) is 0.432. The first-order valence-electron chi connectivity index (χ1n) is 20.0. The maximum atomic E-state index is 14.9. The number of nitrogens with zero attached hydrogens (tertiary/aromatic N) is 3. The summed E-state index contributed by atoms with van der Waals surface area (Å²) >= 11 is 0. The van der Waals surface area contributed by atoms with Crippen molar-refractivity contribution in [2.45, 2.75) is 88.0 Å². The first kappa shape index (κ1) is 43.7. The van der Waals surface area contributed by atoms with Crippen LogP contribution in [0.1, 0.15) is 53.4 Å². The molecule has 0 spiro atoms. The van der Waals surface area contributed by atoms with Crippen molar-refractivity contribution in [3.05, 3.63) is 92.2 Å². The van der Waals surface area contributed by atoms with Gasteiger partial charge >= 0.3 is 6.09 Å². The van der Waals surface area contributed by atoms with Crippen LogP contribution in [0.3, 0.4) is 0 Å². The van der Waals surface area contributed by atoms with Gasteiger partial charge < -0.3 is 34.6 Å². The van der Waals surface area contributed by atoms with Gasteiger partial charge in [-0.15, -0.1) is 6.58 Å². The fourth-order valence-corrected chi connectivity index (χ4v) is 8.73. The number of fused-ring (bicyclic) bond motifs is 1. The number of aromatic nitrogens is 1. The molecule has 0 bridgehead atoms. The van der Waals surface area contributed by atoms with Crippen LogP contribution in [0.2, 0.25) is 0 Å². The number of pyridine rings is 1. The standard InChI is InChI=1S/C44H54N6O9S/c1-9-27(4)49(11-3)26-36(46-42(54)59-43(5,6)7)40(52)50-25-31(22-37(50)39(51)47-44(24-29(44)10-2)41(53)48-60(55,56)32-18-19-32)58-38-23-34(28-15-13-12-14-16-28)45-35-21-30(57-8)17-20-33(35)38/h9-10,12-17,20-21,23,29,31-32,36-37H,1-2,4,11,18-19,22,24-26H2,3,5-8H3,(H,46,54)(H,47,51)(H,48,53)/t29-,31-,36+,37+,44-/m1/s1. The van der Waals surface area contributed by atoms with Gasteiger partial charge in [0.15, 0.2) is 0 Å². The van der Waals surface area contributed by atoms with Gasteiger partial charge in [-0.25, -0.2) is 18.2 Å². The molecule has 0 unspecified atom stereocenters. The molecule has 2 heterocycles. The molecule has 1 aliphatic heterocycles. The number of likely N-dealkylation sites (N-methyl/N-ethyl adjacent to an activating group) is 1. The van der Waals surface area contributed by atoms with E-state index in [0.717, 1.165) is 5.56 Å². The minimum Gasteiger partial charge on any atom is -0.497 e. The number of sulfonamides is 1. The number of hydrogen-bond donors (Lipinski definition) is 3. The summed E-state index contributed by atoms with van der Waals surface area (Å²) in [5.74, 6) is -1.72. The zero-order valence-electron chi connectivity index (χ0n) is 34.7. The van der Waals surface area contributed by atoms with Crippen molar-refractivity contribution >= 4 is 44.7 Å². The number of allylic oxidation sites excluding steroid dienone is 1. The van der Waals surface area contributed by atoms with Crippen LogP contribution in [-0.2, 0) is 29.1 Å². The summed E-state index contributed by atoms with van der Waals surface area (Å²) in [6.07, 6.45) is 2.37. The third kappa shape index (κ3) is 9.75. The van der Waals surface area contributed by atoms with Crippen LogP contribution in [0, 0.1) is 5.92 Å². The quantitative estimate of drug-likeness (QED) is 0.125. The van der Waals surface area contributed by atoms with Crippen LogP contribution in [0.25, 0.3) is 22.2 Å². The van der Waals surface area contributed by atoms with E-state index in [2.05, 4.69) is 35.1 Å². The third-order valence-electron chi connectivity index (χ3n) is 10.9. The van der Waals surface area contributed by atoms with Gasteiger partial charge in [-0.3, -0.25) is 19.1 Å². The lowest BCUT2D eigenvalue weighted by Crippen LogP contribution is -2.59. The highest BCUT2D eigenvalue weighted by molar-refractivity contribution is 7.91. The highest BCUT2D eigenvalue weighted by atomic mass is 32.2. The largest absolute Gasteiger partial charge is 0.497 e. The molecule has 3 aliphatic rings. The number of benzene rings is 2. The van der Waals surface area contributed by atoms with Gasteiger partial charge in [0.05, 0.1) is 30.1 Å². The number of hydrogen-bond acceptors (Lipinski definition) is 11. The summed E-state index contributed by atoms with van der Waals surface area (Å²) in [6.45, 7) is 18.9. The smallest absolute Gasteiger partial charge is 0.408 e. The molecule has 320 valence electrons. The van der Waals surface area contributed by atoms with E-state index in [0.29, 0.717) is 53.2 Å². The van der Waals surface area contributed by atoms with Crippen LogP contribution < -0.4 is 24.8 Å². The predicted molar refractivity (Wildman–Crippen MR) is 227 cm³/mol. The zero-order chi connectivity index (χ0) is 43.6. The number of ether oxygens (including phenoxy) is 3. The number of carbonyl (C=O) groups is 4. The Labute approximate surface area is 351 Å². The Hall–Kier alpha value is -5.90. The second-order valence-corrected chi connectivity index (χ2v) is 18.3. The van der Waals surface area contributed by atoms with Gasteiger partial charge in [-0.1, -0.05) is 49.6 Å². The number of methoxy groups -OCH3 is 1. The molecule has 3 aromatic rings. The van der Waals surface area contributed by atoms with E-state index in [1.54, 1.807) is 51.0 Å². The molecule has 2 saturated carbocycles. The van der Waals surface area contributed by atoms with Crippen molar-refractivity contribution in [3.63, 3.8) is 0 Å². The summed E-state index contributed by atoms with van der Waals surface area (Å²) in [7, 11) is -2.38. The van der Waals surface area contributed by atoms with Crippen LogP contribution in [0.5, 0.6) is 11.5 Å². The van der Waals surface area contributed by atoms with E-state index in [1.165, 1.54) is 17.1 Å². The molecule has 60 heavy (non-hydrogen) atoms. The minimum atomic E-state index is -3.94. The molecule has 1 saturated heterocycles. The first-order chi connectivity index (χ1) is 28.4. The number of amides is 4. The first-order valence-corrected chi connectivity index (χ1v) is 21.5. The van der Waals surface area contributed by atoms with Crippen molar-refractivity contribution in [1.29, 1.82) is 0 Å². The second kappa shape index (κ2) is 17.4. The molecule has 3 N–H and O–H groups in total. The Morgan fingerprint density at radius 1 is 1.08 bits per heavy atom. The summed E-state index contributed by atoms with van der Waals surface area (Å²) in [4.78, 5) is 64.4. The fourth-order valence-electron chi connectivity index (χ4n) is 7.37. The van der Waals surface area contributed by atoms with E-state index in [-0.39, 0.29) is 25.9 Å². The van der Waals surface area contributed by atoms with Gasteiger partial charge in [0, 0.05) is 54.2 Å².